The van der Waals surface area contributed by atoms with Gasteiger partial charge in [-0.15, -0.1) is 0 Å². The minimum absolute atomic E-state index is 0.389. The molecule has 1 fully saturated rings. The molecule has 15 heavy (non-hydrogen) atoms. The van der Waals surface area contributed by atoms with E-state index in [2.05, 4.69) is 37.9 Å². The molecule has 0 bridgehead atoms. The molecule has 1 heterocycles. The maximum atomic E-state index is 5.57. The first kappa shape index (κ1) is 12.9. The molecule has 1 aliphatic rings. The van der Waals surface area contributed by atoms with Gasteiger partial charge >= 0.3 is 0 Å². The fourth-order valence-electron chi connectivity index (χ4n) is 2.39. The van der Waals surface area contributed by atoms with E-state index >= 15 is 0 Å². The predicted octanol–water partition coefficient (Wildman–Crippen LogP) is 1.48. The molecule has 1 rings (SSSR count). The van der Waals surface area contributed by atoms with Crippen molar-refractivity contribution in [3.05, 3.63) is 0 Å². The Balaban J connectivity index is 2.45. The normalized spacial score (nSPS) is 27.6. The third kappa shape index (κ3) is 3.74. The first-order valence-corrected chi connectivity index (χ1v) is 6.28. The highest BCUT2D eigenvalue weighted by Crippen LogP contribution is 2.12. The first-order valence-electron chi connectivity index (χ1n) is 6.28. The molecular formula is C12H26N2O. The Labute approximate surface area is 94.2 Å². The Bertz CT molecular complexity index is 175. The number of rotatable bonds is 5. The number of morpholine rings is 1. The zero-order chi connectivity index (χ0) is 11.3. The molecule has 0 saturated carbocycles. The summed E-state index contributed by atoms with van der Waals surface area (Å²) < 4.78 is 5.57. The van der Waals surface area contributed by atoms with Gasteiger partial charge in [0.05, 0.1) is 12.7 Å². The zero-order valence-corrected chi connectivity index (χ0v) is 10.6. The van der Waals surface area contributed by atoms with Crippen molar-refractivity contribution in [3.63, 3.8) is 0 Å². The van der Waals surface area contributed by atoms with Gasteiger partial charge in [0.1, 0.15) is 0 Å². The molecule has 0 amide bonds. The Kier molecular flexibility index (Phi) is 5.58. The standard InChI is InChI=1S/C12H26N2O/c1-5-12(13-6-2)11(4)14-7-8-15-10(3)9-14/h10-13H,5-9H2,1-4H3. The SMILES string of the molecule is CCNC(CC)C(C)N1CCOC(C)C1. The smallest absolute Gasteiger partial charge is 0.0674 e. The van der Waals surface area contributed by atoms with Crippen molar-refractivity contribution in [3.8, 4) is 0 Å². The van der Waals surface area contributed by atoms with Crippen LogP contribution in [0, 0.1) is 0 Å². The quantitative estimate of drug-likeness (QED) is 0.750. The van der Waals surface area contributed by atoms with E-state index in [0.717, 1.165) is 26.2 Å². The van der Waals surface area contributed by atoms with Crippen LogP contribution in [-0.2, 0) is 4.74 Å². The maximum Gasteiger partial charge on any atom is 0.0674 e. The predicted molar refractivity (Wildman–Crippen MR) is 64.2 cm³/mol. The molecule has 0 aromatic heterocycles. The Morgan fingerprint density at radius 2 is 2.20 bits per heavy atom. The van der Waals surface area contributed by atoms with Gasteiger partial charge in [0.2, 0.25) is 0 Å². The number of hydrogen-bond acceptors (Lipinski definition) is 3. The van der Waals surface area contributed by atoms with Crippen LogP contribution in [0.25, 0.3) is 0 Å². The first-order chi connectivity index (χ1) is 7.19. The summed E-state index contributed by atoms with van der Waals surface area (Å²) in [5.41, 5.74) is 0. The Morgan fingerprint density at radius 1 is 1.47 bits per heavy atom. The maximum absolute atomic E-state index is 5.57. The van der Waals surface area contributed by atoms with Crippen molar-refractivity contribution >= 4 is 0 Å². The Hall–Kier alpha value is -0.120. The lowest BCUT2D eigenvalue weighted by molar-refractivity contribution is -0.0367. The summed E-state index contributed by atoms with van der Waals surface area (Å²) in [6.45, 7) is 13.0. The van der Waals surface area contributed by atoms with E-state index in [1.807, 2.05) is 0 Å². The van der Waals surface area contributed by atoms with Crippen LogP contribution in [0.2, 0.25) is 0 Å². The number of likely N-dealkylation sites (N-methyl/N-ethyl adjacent to an activating group) is 1. The molecule has 0 aromatic rings. The highest BCUT2D eigenvalue weighted by atomic mass is 16.5. The zero-order valence-electron chi connectivity index (χ0n) is 10.6. The lowest BCUT2D eigenvalue weighted by Crippen LogP contribution is -2.53. The molecule has 90 valence electrons. The van der Waals surface area contributed by atoms with Crippen molar-refractivity contribution in [1.29, 1.82) is 0 Å². The summed E-state index contributed by atoms with van der Waals surface area (Å²) in [6, 6.07) is 1.22. The second kappa shape index (κ2) is 6.46. The fourth-order valence-corrected chi connectivity index (χ4v) is 2.39. The molecule has 0 aromatic carbocycles. The van der Waals surface area contributed by atoms with Crippen LogP contribution in [0.15, 0.2) is 0 Å². The van der Waals surface area contributed by atoms with Gasteiger partial charge in [-0.25, -0.2) is 0 Å². The van der Waals surface area contributed by atoms with Crippen LogP contribution in [-0.4, -0.2) is 49.3 Å². The molecule has 1 N–H and O–H groups in total. The summed E-state index contributed by atoms with van der Waals surface area (Å²) in [7, 11) is 0. The lowest BCUT2D eigenvalue weighted by Gasteiger charge is -2.39. The van der Waals surface area contributed by atoms with Crippen LogP contribution in [0.4, 0.5) is 0 Å². The van der Waals surface area contributed by atoms with Crippen molar-refractivity contribution in [2.45, 2.75) is 52.3 Å². The lowest BCUT2D eigenvalue weighted by atomic mass is 10.0. The monoisotopic (exact) mass is 214 g/mol. The van der Waals surface area contributed by atoms with E-state index in [1.165, 1.54) is 6.42 Å². The second-order valence-corrected chi connectivity index (χ2v) is 4.49. The summed E-state index contributed by atoms with van der Waals surface area (Å²) in [4.78, 5) is 2.55. The average molecular weight is 214 g/mol. The minimum atomic E-state index is 0.389. The highest BCUT2D eigenvalue weighted by molar-refractivity contribution is 4.82. The van der Waals surface area contributed by atoms with E-state index in [9.17, 15) is 0 Å². The van der Waals surface area contributed by atoms with Crippen LogP contribution < -0.4 is 5.32 Å². The topological polar surface area (TPSA) is 24.5 Å². The van der Waals surface area contributed by atoms with Crippen LogP contribution in [0.1, 0.15) is 34.1 Å². The molecule has 3 heteroatoms. The fraction of sp³-hybridized carbons (Fsp3) is 1.00. The molecule has 3 atom stereocenters. The van der Waals surface area contributed by atoms with Crippen molar-refractivity contribution in [1.82, 2.24) is 10.2 Å². The molecule has 1 saturated heterocycles. The molecular weight excluding hydrogens is 188 g/mol. The summed E-state index contributed by atoms with van der Waals surface area (Å²) in [5, 5.41) is 3.56. The van der Waals surface area contributed by atoms with Gasteiger partial charge in [0.25, 0.3) is 0 Å². The molecule has 3 unspecified atom stereocenters. The van der Waals surface area contributed by atoms with Gasteiger partial charge in [-0.1, -0.05) is 13.8 Å². The number of ether oxygens (including phenoxy) is 1. The highest BCUT2D eigenvalue weighted by Gasteiger charge is 2.25. The number of hydrogen-bond donors (Lipinski definition) is 1. The van der Waals surface area contributed by atoms with Crippen LogP contribution in [0.3, 0.4) is 0 Å². The van der Waals surface area contributed by atoms with Gasteiger partial charge in [0.15, 0.2) is 0 Å². The molecule has 1 aliphatic heterocycles. The van der Waals surface area contributed by atoms with Crippen molar-refractivity contribution in [2.75, 3.05) is 26.2 Å². The average Bonchev–Trinajstić information content (AvgIpc) is 2.25. The third-order valence-electron chi connectivity index (χ3n) is 3.34. The van der Waals surface area contributed by atoms with E-state index in [1.54, 1.807) is 0 Å². The third-order valence-corrected chi connectivity index (χ3v) is 3.34. The van der Waals surface area contributed by atoms with Gasteiger partial charge in [0, 0.05) is 25.2 Å². The van der Waals surface area contributed by atoms with E-state index in [0.29, 0.717) is 18.2 Å². The van der Waals surface area contributed by atoms with Crippen molar-refractivity contribution in [2.24, 2.45) is 0 Å². The van der Waals surface area contributed by atoms with Gasteiger partial charge in [-0.05, 0) is 26.8 Å². The number of nitrogens with one attached hydrogen (secondary N) is 1. The van der Waals surface area contributed by atoms with Crippen molar-refractivity contribution < 1.29 is 4.74 Å². The molecule has 3 nitrogen and oxygen atoms in total. The van der Waals surface area contributed by atoms with Crippen LogP contribution >= 0.6 is 0 Å². The summed E-state index contributed by atoms with van der Waals surface area (Å²) >= 11 is 0. The largest absolute Gasteiger partial charge is 0.376 e. The van der Waals surface area contributed by atoms with Gasteiger partial charge in [-0.3, -0.25) is 4.90 Å². The Morgan fingerprint density at radius 3 is 2.73 bits per heavy atom. The second-order valence-electron chi connectivity index (χ2n) is 4.49. The molecule has 0 spiro atoms. The van der Waals surface area contributed by atoms with E-state index in [-0.39, 0.29) is 0 Å². The van der Waals surface area contributed by atoms with Gasteiger partial charge < -0.3 is 10.1 Å². The van der Waals surface area contributed by atoms with Gasteiger partial charge in [-0.2, -0.15) is 0 Å². The van der Waals surface area contributed by atoms with E-state index in [4.69, 9.17) is 4.74 Å². The molecule has 0 aliphatic carbocycles. The number of nitrogens with zero attached hydrogens (tertiary/aromatic N) is 1. The summed E-state index contributed by atoms with van der Waals surface area (Å²) in [6.07, 6.45) is 1.58. The summed E-state index contributed by atoms with van der Waals surface area (Å²) in [5.74, 6) is 0. The molecule has 0 radical (unpaired) electrons. The minimum Gasteiger partial charge on any atom is -0.376 e. The van der Waals surface area contributed by atoms with Crippen LogP contribution in [0.5, 0.6) is 0 Å². The van der Waals surface area contributed by atoms with E-state index < -0.39 is 0 Å².